The van der Waals surface area contributed by atoms with Gasteiger partial charge >= 0.3 is 0 Å². The molecule has 0 aromatic heterocycles. The summed E-state index contributed by atoms with van der Waals surface area (Å²) in [4.78, 5) is 0.795. The van der Waals surface area contributed by atoms with Crippen LogP contribution in [0.3, 0.4) is 0 Å². The molecule has 2 aromatic rings. The lowest BCUT2D eigenvalue weighted by Gasteiger charge is -2.18. The Morgan fingerprint density at radius 3 is 2.11 bits per heavy atom. The zero-order chi connectivity index (χ0) is 13.8. The van der Waals surface area contributed by atoms with E-state index in [4.69, 9.17) is 4.74 Å². The van der Waals surface area contributed by atoms with Gasteiger partial charge in [0.15, 0.2) is 11.0 Å². The highest BCUT2D eigenvalue weighted by atomic mass is 32.2. The quantitative estimate of drug-likeness (QED) is 0.857. The molecule has 2 aromatic carbocycles. The number of hydrogen-bond acceptors (Lipinski definition) is 2. The maximum absolute atomic E-state index is 12.4. The highest BCUT2D eigenvalue weighted by Gasteiger charge is 2.11. The Kier molecular flexibility index (Phi) is 4.22. The molecule has 4 heteroatoms. The lowest BCUT2D eigenvalue weighted by atomic mass is 10.2. The van der Waals surface area contributed by atoms with Crippen LogP contribution in [0.2, 0.25) is 0 Å². The molecular formula is C15H17NO2S. The maximum Gasteiger partial charge on any atom is 0.152 e. The van der Waals surface area contributed by atoms with Crippen molar-refractivity contribution in [1.29, 1.82) is 0 Å². The van der Waals surface area contributed by atoms with E-state index in [2.05, 4.69) is 0 Å². The molecule has 0 aliphatic carbocycles. The third kappa shape index (κ3) is 3.15. The van der Waals surface area contributed by atoms with E-state index in [1.54, 1.807) is 11.4 Å². The Bertz CT molecular complexity index is 564. The summed E-state index contributed by atoms with van der Waals surface area (Å²) >= 11 is 0. The van der Waals surface area contributed by atoms with Crippen molar-refractivity contribution in [3.05, 3.63) is 54.1 Å². The number of hydrogen-bond donors (Lipinski definition) is 0. The van der Waals surface area contributed by atoms with Gasteiger partial charge in [0, 0.05) is 12.7 Å². The second-order valence-electron chi connectivity index (χ2n) is 4.26. The van der Waals surface area contributed by atoms with E-state index in [0.717, 1.165) is 21.9 Å². The van der Waals surface area contributed by atoms with Gasteiger partial charge in [0.2, 0.25) is 0 Å². The zero-order valence-corrected chi connectivity index (χ0v) is 12.1. The molecule has 2 rings (SSSR count). The van der Waals surface area contributed by atoms with E-state index in [9.17, 15) is 4.21 Å². The number of methoxy groups -OCH3 is 1. The van der Waals surface area contributed by atoms with E-state index in [1.165, 1.54) is 0 Å². The maximum atomic E-state index is 12.4. The molecule has 0 saturated carbocycles. The largest absolute Gasteiger partial charge is 0.497 e. The Labute approximate surface area is 116 Å². The topological polar surface area (TPSA) is 29.5 Å². The molecule has 0 fully saturated rings. The Hall–Kier alpha value is -1.81. The summed E-state index contributed by atoms with van der Waals surface area (Å²) in [5, 5.41) is 0. The molecule has 1 atom stereocenters. The monoisotopic (exact) mass is 275 g/mol. The van der Waals surface area contributed by atoms with Crippen LogP contribution in [0.1, 0.15) is 5.56 Å². The number of benzene rings is 2. The van der Waals surface area contributed by atoms with Gasteiger partial charge in [-0.3, -0.25) is 4.31 Å². The lowest BCUT2D eigenvalue weighted by molar-refractivity contribution is 0.415. The van der Waals surface area contributed by atoms with Gasteiger partial charge in [0.1, 0.15) is 5.75 Å². The molecule has 19 heavy (non-hydrogen) atoms. The normalized spacial score (nSPS) is 11.9. The van der Waals surface area contributed by atoms with Gasteiger partial charge in [-0.15, -0.1) is 0 Å². The first-order chi connectivity index (χ1) is 9.11. The van der Waals surface area contributed by atoms with E-state index in [0.29, 0.717) is 0 Å². The highest BCUT2D eigenvalue weighted by Crippen LogP contribution is 2.22. The predicted octanol–water partition coefficient (Wildman–Crippen LogP) is 3.16. The van der Waals surface area contributed by atoms with Crippen molar-refractivity contribution >= 4 is 16.7 Å². The van der Waals surface area contributed by atoms with Crippen LogP contribution in [0.15, 0.2) is 53.4 Å². The minimum atomic E-state index is -1.20. The van der Waals surface area contributed by atoms with Crippen LogP contribution >= 0.6 is 0 Å². The van der Waals surface area contributed by atoms with Gasteiger partial charge in [0.25, 0.3) is 0 Å². The fraction of sp³-hybridized carbons (Fsp3) is 0.200. The summed E-state index contributed by atoms with van der Waals surface area (Å²) in [6.07, 6.45) is 0. The number of anilines is 1. The van der Waals surface area contributed by atoms with Gasteiger partial charge in [-0.25, -0.2) is 4.21 Å². The van der Waals surface area contributed by atoms with Crippen LogP contribution in [-0.2, 0) is 11.0 Å². The number of aryl methyl sites for hydroxylation is 1. The van der Waals surface area contributed by atoms with Crippen molar-refractivity contribution in [3.8, 4) is 5.75 Å². The highest BCUT2D eigenvalue weighted by molar-refractivity contribution is 7.86. The minimum absolute atomic E-state index is 0.790. The van der Waals surface area contributed by atoms with Crippen molar-refractivity contribution < 1.29 is 8.95 Å². The molecule has 3 nitrogen and oxygen atoms in total. The first kappa shape index (κ1) is 13.6. The second kappa shape index (κ2) is 5.89. The molecule has 0 bridgehead atoms. The molecule has 0 heterocycles. The summed E-state index contributed by atoms with van der Waals surface area (Å²) in [7, 11) is 2.24. The molecule has 0 N–H and O–H groups in total. The van der Waals surface area contributed by atoms with Crippen LogP contribution in [0, 0.1) is 6.92 Å². The summed E-state index contributed by atoms with van der Waals surface area (Å²) in [5.74, 6) is 0.790. The molecule has 0 spiro atoms. The van der Waals surface area contributed by atoms with E-state index < -0.39 is 11.0 Å². The molecule has 0 amide bonds. The van der Waals surface area contributed by atoms with Crippen LogP contribution in [0.25, 0.3) is 0 Å². The van der Waals surface area contributed by atoms with Crippen LogP contribution < -0.4 is 9.04 Å². The smallest absolute Gasteiger partial charge is 0.152 e. The molecule has 100 valence electrons. The Morgan fingerprint density at radius 1 is 1.00 bits per heavy atom. The van der Waals surface area contributed by atoms with Crippen molar-refractivity contribution in [2.45, 2.75) is 11.8 Å². The molecule has 0 saturated heterocycles. The van der Waals surface area contributed by atoms with E-state index in [1.807, 2.05) is 62.5 Å². The summed E-state index contributed by atoms with van der Waals surface area (Å²) < 4.78 is 19.3. The average molecular weight is 275 g/mol. The van der Waals surface area contributed by atoms with Crippen molar-refractivity contribution in [2.75, 3.05) is 18.5 Å². The molecule has 0 aliphatic rings. The first-order valence-corrected chi connectivity index (χ1v) is 7.09. The fourth-order valence-electron chi connectivity index (χ4n) is 1.70. The van der Waals surface area contributed by atoms with Crippen molar-refractivity contribution in [2.24, 2.45) is 0 Å². The first-order valence-electron chi connectivity index (χ1n) is 5.98. The number of rotatable bonds is 4. The van der Waals surface area contributed by atoms with Gasteiger partial charge in [0.05, 0.1) is 12.0 Å². The van der Waals surface area contributed by atoms with Gasteiger partial charge in [-0.1, -0.05) is 17.7 Å². The van der Waals surface area contributed by atoms with Gasteiger partial charge in [-0.2, -0.15) is 0 Å². The standard InChI is InChI=1S/C15H17NO2S/c1-12-4-10-15(11-5-12)19(17)16(2)13-6-8-14(18-3)9-7-13/h4-11H,1-3H3. The molecule has 0 aliphatic heterocycles. The molecular weight excluding hydrogens is 258 g/mol. The average Bonchev–Trinajstić information content (AvgIpc) is 2.46. The lowest BCUT2D eigenvalue weighted by Crippen LogP contribution is -2.20. The van der Waals surface area contributed by atoms with E-state index in [-0.39, 0.29) is 0 Å². The zero-order valence-electron chi connectivity index (χ0n) is 11.3. The summed E-state index contributed by atoms with van der Waals surface area (Å²) in [6, 6.07) is 15.2. The van der Waals surface area contributed by atoms with Crippen molar-refractivity contribution in [1.82, 2.24) is 0 Å². The minimum Gasteiger partial charge on any atom is -0.497 e. The van der Waals surface area contributed by atoms with Gasteiger partial charge in [-0.05, 0) is 43.3 Å². The Balaban J connectivity index is 2.20. The third-order valence-electron chi connectivity index (χ3n) is 2.91. The molecule has 1 unspecified atom stereocenters. The van der Waals surface area contributed by atoms with Crippen LogP contribution in [-0.4, -0.2) is 18.4 Å². The van der Waals surface area contributed by atoms with Crippen LogP contribution in [0.4, 0.5) is 5.69 Å². The van der Waals surface area contributed by atoms with Crippen molar-refractivity contribution in [3.63, 3.8) is 0 Å². The SMILES string of the molecule is COc1ccc(N(C)S(=O)c2ccc(C)cc2)cc1. The number of ether oxygens (including phenoxy) is 1. The van der Waals surface area contributed by atoms with Gasteiger partial charge < -0.3 is 4.74 Å². The number of nitrogens with zero attached hydrogens (tertiary/aromatic N) is 1. The summed E-state index contributed by atoms with van der Waals surface area (Å²) in [5.41, 5.74) is 2.05. The van der Waals surface area contributed by atoms with E-state index >= 15 is 0 Å². The predicted molar refractivity (Wildman–Crippen MR) is 79.0 cm³/mol. The summed E-state index contributed by atoms with van der Waals surface area (Å²) in [6.45, 7) is 2.01. The Morgan fingerprint density at radius 2 is 1.58 bits per heavy atom. The second-order valence-corrected chi connectivity index (χ2v) is 5.78. The molecule has 0 radical (unpaired) electrons. The fourth-order valence-corrected chi connectivity index (χ4v) is 2.70. The third-order valence-corrected chi connectivity index (χ3v) is 4.29. The van der Waals surface area contributed by atoms with Crippen LogP contribution in [0.5, 0.6) is 5.75 Å².